The maximum atomic E-state index is 12.5. The van der Waals surface area contributed by atoms with E-state index in [9.17, 15) is 18.0 Å². The molecule has 3 nitrogen and oxygen atoms in total. The minimum atomic E-state index is -4.34. The van der Waals surface area contributed by atoms with E-state index in [1.807, 2.05) is 0 Å². The number of ether oxygens (including phenoxy) is 1. The van der Waals surface area contributed by atoms with Crippen LogP contribution < -0.4 is 10.1 Å². The van der Waals surface area contributed by atoms with Crippen molar-refractivity contribution in [2.75, 3.05) is 13.2 Å². The van der Waals surface area contributed by atoms with Crippen molar-refractivity contribution >= 4 is 21.8 Å². The average molecular weight is 402 g/mol. The van der Waals surface area contributed by atoms with E-state index in [2.05, 4.69) is 21.2 Å². The Bertz CT molecular complexity index is 670. The van der Waals surface area contributed by atoms with Crippen LogP contribution in [0.3, 0.4) is 0 Å². The van der Waals surface area contributed by atoms with Crippen molar-refractivity contribution in [3.8, 4) is 5.75 Å². The summed E-state index contributed by atoms with van der Waals surface area (Å²) in [7, 11) is 0. The van der Waals surface area contributed by atoms with Crippen molar-refractivity contribution in [3.05, 3.63) is 64.1 Å². The molecule has 0 heterocycles. The van der Waals surface area contributed by atoms with E-state index in [1.54, 1.807) is 24.3 Å². The van der Waals surface area contributed by atoms with Crippen molar-refractivity contribution in [3.63, 3.8) is 0 Å². The molecule has 0 saturated heterocycles. The molecule has 0 atom stereocenters. The second kappa shape index (κ2) is 8.19. The molecule has 0 bridgehead atoms. The molecule has 1 N–H and O–H groups in total. The molecule has 128 valence electrons. The molecule has 0 spiro atoms. The van der Waals surface area contributed by atoms with Gasteiger partial charge < -0.3 is 10.1 Å². The summed E-state index contributed by atoms with van der Waals surface area (Å²) in [5.41, 5.74) is 0.0373. The van der Waals surface area contributed by atoms with Crippen molar-refractivity contribution in [1.82, 2.24) is 5.32 Å². The van der Waals surface area contributed by atoms with Gasteiger partial charge in [0.1, 0.15) is 5.75 Å². The van der Waals surface area contributed by atoms with Gasteiger partial charge >= 0.3 is 6.18 Å². The quantitative estimate of drug-likeness (QED) is 0.787. The summed E-state index contributed by atoms with van der Waals surface area (Å²) in [5, 5.41) is 2.66. The molecule has 0 aliphatic heterocycles. The highest BCUT2D eigenvalue weighted by molar-refractivity contribution is 9.10. The van der Waals surface area contributed by atoms with Crippen LogP contribution >= 0.6 is 15.9 Å². The molecule has 2 aromatic carbocycles. The first kappa shape index (κ1) is 18.3. The lowest BCUT2D eigenvalue weighted by molar-refractivity contribution is -0.137. The number of hydrogen-bond acceptors (Lipinski definition) is 2. The van der Waals surface area contributed by atoms with Gasteiger partial charge in [0.15, 0.2) is 6.61 Å². The Morgan fingerprint density at radius 2 is 1.67 bits per heavy atom. The standard InChI is InChI=1S/C17H15BrF3NO2/c18-14-5-7-15(8-6-14)24-11-16(23)22-10-9-12-1-3-13(4-2-12)17(19,20)21/h1-8H,9-11H2,(H,22,23). The average Bonchev–Trinajstić information content (AvgIpc) is 2.54. The van der Waals surface area contributed by atoms with Crippen LogP contribution in [0, 0.1) is 0 Å². The molecule has 0 aliphatic carbocycles. The molecule has 0 saturated carbocycles. The summed E-state index contributed by atoms with van der Waals surface area (Å²) in [5.74, 6) is 0.293. The Kier molecular flexibility index (Phi) is 6.25. The molecule has 0 radical (unpaired) electrons. The molecule has 0 unspecified atom stereocenters. The zero-order valence-corrected chi connectivity index (χ0v) is 14.2. The minimum Gasteiger partial charge on any atom is -0.484 e. The third-order valence-electron chi connectivity index (χ3n) is 3.20. The van der Waals surface area contributed by atoms with Gasteiger partial charge in [-0.05, 0) is 48.4 Å². The summed E-state index contributed by atoms with van der Waals surface area (Å²) in [6.45, 7) is 0.211. The normalized spacial score (nSPS) is 11.2. The lowest BCUT2D eigenvalue weighted by Crippen LogP contribution is -2.30. The molecular weight excluding hydrogens is 387 g/mol. The highest BCUT2D eigenvalue weighted by Gasteiger charge is 2.29. The molecule has 0 aliphatic rings. The summed E-state index contributed by atoms with van der Waals surface area (Å²) in [4.78, 5) is 11.7. The monoisotopic (exact) mass is 401 g/mol. The number of benzene rings is 2. The fraction of sp³-hybridized carbons (Fsp3) is 0.235. The second-order valence-electron chi connectivity index (χ2n) is 5.04. The predicted molar refractivity (Wildman–Crippen MR) is 87.8 cm³/mol. The molecule has 24 heavy (non-hydrogen) atoms. The van der Waals surface area contributed by atoms with Gasteiger partial charge in [0, 0.05) is 11.0 Å². The number of amides is 1. The van der Waals surface area contributed by atoms with Crippen LogP contribution in [0.25, 0.3) is 0 Å². The maximum Gasteiger partial charge on any atom is 0.416 e. The van der Waals surface area contributed by atoms with Crippen molar-refractivity contribution in [1.29, 1.82) is 0 Å². The number of hydrogen-bond donors (Lipinski definition) is 1. The van der Waals surface area contributed by atoms with E-state index in [4.69, 9.17) is 4.74 Å². The van der Waals surface area contributed by atoms with Crippen molar-refractivity contribution in [2.24, 2.45) is 0 Å². The van der Waals surface area contributed by atoms with E-state index >= 15 is 0 Å². The fourth-order valence-electron chi connectivity index (χ4n) is 1.94. The zero-order valence-electron chi connectivity index (χ0n) is 12.6. The van der Waals surface area contributed by atoms with Crippen molar-refractivity contribution < 1.29 is 22.7 Å². The summed E-state index contributed by atoms with van der Waals surface area (Å²) < 4.78 is 43.6. The van der Waals surface area contributed by atoms with Crippen LogP contribution in [0.4, 0.5) is 13.2 Å². The van der Waals surface area contributed by atoms with Crippen LogP contribution in [0.1, 0.15) is 11.1 Å². The van der Waals surface area contributed by atoms with Crippen LogP contribution in [-0.4, -0.2) is 19.1 Å². The zero-order chi connectivity index (χ0) is 17.6. The summed E-state index contributed by atoms with van der Waals surface area (Å²) in [6, 6.07) is 12.0. The van der Waals surface area contributed by atoms with E-state index in [-0.39, 0.29) is 12.5 Å². The topological polar surface area (TPSA) is 38.3 Å². The highest BCUT2D eigenvalue weighted by Crippen LogP contribution is 2.29. The van der Waals surface area contributed by atoms with Crippen molar-refractivity contribution in [2.45, 2.75) is 12.6 Å². The summed E-state index contributed by atoms with van der Waals surface area (Å²) >= 11 is 3.30. The first-order chi connectivity index (χ1) is 11.3. The Hall–Kier alpha value is -2.02. The van der Waals surface area contributed by atoms with Crippen LogP contribution in [0.2, 0.25) is 0 Å². The third-order valence-corrected chi connectivity index (χ3v) is 3.73. The van der Waals surface area contributed by atoms with E-state index in [0.717, 1.165) is 22.2 Å². The number of halogens is 4. The molecule has 0 fully saturated rings. The Morgan fingerprint density at radius 3 is 2.25 bits per heavy atom. The van der Waals surface area contributed by atoms with Gasteiger partial charge in [0.25, 0.3) is 5.91 Å². The van der Waals surface area contributed by atoms with Gasteiger partial charge in [0.2, 0.25) is 0 Å². The van der Waals surface area contributed by atoms with Gasteiger partial charge in [-0.25, -0.2) is 0 Å². The number of rotatable bonds is 6. The van der Waals surface area contributed by atoms with E-state index in [0.29, 0.717) is 18.7 Å². The molecule has 0 aromatic heterocycles. The third kappa shape index (κ3) is 5.88. The minimum absolute atomic E-state index is 0.116. The molecule has 7 heteroatoms. The summed E-state index contributed by atoms with van der Waals surface area (Å²) in [6.07, 6.45) is -3.89. The largest absolute Gasteiger partial charge is 0.484 e. The lowest BCUT2D eigenvalue weighted by Gasteiger charge is -2.09. The van der Waals surface area contributed by atoms with E-state index in [1.165, 1.54) is 12.1 Å². The van der Waals surface area contributed by atoms with E-state index < -0.39 is 11.7 Å². The van der Waals surface area contributed by atoms with Gasteiger partial charge in [0.05, 0.1) is 5.56 Å². The smallest absolute Gasteiger partial charge is 0.416 e. The SMILES string of the molecule is O=C(COc1ccc(Br)cc1)NCCc1ccc(C(F)(F)F)cc1. The van der Waals surface area contributed by atoms with Crippen LogP contribution in [0.15, 0.2) is 53.0 Å². The van der Waals surface area contributed by atoms with Crippen LogP contribution in [-0.2, 0) is 17.4 Å². The first-order valence-corrected chi connectivity index (χ1v) is 7.95. The number of carbonyl (C=O) groups excluding carboxylic acids is 1. The maximum absolute atomic E-state index is 12.5. The molecule has 1 amide bonds. The predicted octanol–water partition coefficient (Wildman–Crippen LogP) is 4.21. The highest BCUT2D eigenvalue weighted by atomic mass is 79.9. The Balaban J connectivity index is 1.71. The number of alkyl halides is 3. The molecule has 2 aromatic rings. The Labute approximate surface area is 146 Å². The number of nitrogens with one attached hydrogen (secondary N) is 1. The fourth-order valence-corrected chi connectivity index (χ4v) is 2.20. The second-order valence-corrected chi connectivity index (χ2v) is 5.95. The number of carbonyl (C=O) groups is 1. The first-order valence-electron chi connectivity index (χ1n) is 7.16. The van der Waals surface area contributed by atoms with Crippen LogP contribution in [0.5, 0.6) is 5.75 Å². The van der Waals surface area contributed by atoms with Gasteiger partial charge in [-0.1, -0.05) is 28.1 Å². The van der Waals surface area contributed by atoms with Gasteiger partial charge in [-0.3, -0.25) is 4.79 Å². The van der Waals surface area contributed by atoms with Gasteiger partial charge in [-0.15, -0.1) is 0 Å². The lowest BCUT2D eigenvalue weighted by atomic mass is 10.1. The van der Waals surface area contributed by atoms with Gasteiger partial charge in [-0.2, -0.15) is 13.2 Å². The molecular formula is C17H15BrF3NO2. The Morgan fingerprint density at radius 1 is 1.04 bits per heavy atom. The molecule has 2 rings (SSSR count).